The normalized spacial score (nSPS) is 26.1. The molecule has 1 atom stereocenters. The lowest BCUT2D eigenvalue weighted by molar-refractivity contribution is -0.116. The number of rotatable bonds is 2. The molecule has 0 saturated heterocycles. The van der Waals surface area contributed by atoms with Crippen LogP contribution in [0.15, 0.2) is 11.8 Å². The highest BCUT2D eigenvalue weighted by Crippen LogP contribution is 2.48. The van der Waals surface area contributed by atoms with Gasteiger partial charge in [-0.3, -0.25) is 4.79 Å². The van der Waals surface area contributed by atoms with Crippen molar-refractivity contribution < 1.29 is 9.90 Å². The Morgan fingerprint density at radius 3 is 2.65 bits per heavy atom. The summed E-state index contributed by atoms with van der Waals surface area (Å²) in [6, 6.07) is 1.63. The van der Waals surface area contributed by atoms with Crippen molar-refractivity contribution in [2.45, 2.75) is 32.2 Å². The smallest absolute Gasteiger partial charge is 0.256 e. The Labute approximate surface area is 126 Å². The minimum absolute atomic E-state index is 0.0547. The summed E-state index contributed by atoms with van der Waals surface area (Å²) in [5, 5.41) is 13.8. The van der Waals surface area contributed by atoms with Gasteiger partial charge in [0, 0.05) is 5.56 Å². The number of nitrogens with one attached hydrogen (secondary N) is 1. The molecule has 1 aromatic rings. The van der Waals surface area contributed by atoms with E-state index in [9.17, 15) is 9.90 Å². The van der Waals surface area contributed by atoms with E-state index in [2.05, 4.69) is 10.3 Å². The maximum Gasteiger partial charge on any atom is 0.256 e. The molecule has 0 radical (unpaired) electrons. The van der Waals surface area contributed by atoms with Gasteiger partial charge in [-0.25, -0.2) is 4.98 Å². The Kier molecular flexibility index (Phi) is 2.99. The van der Waals surface area contributed by atoms with E-state index in [0.29, 0.717) is 11.1 Å². The van der Waals surface area contributed by atoms with Gasteiger partial charge in [0.1, 0.15) is 16.1 Å². The van der Waals surface area contributed by atoms with Gasteiger partial charge in [-0.1, -0.05) is 23.2 Å². The average Bonchev–Trinajstić information content (AvgIpc) is 3.13. The molecule has 6 heteroatoms. The molecule has 2 heterocycles. The van der Waals surface area contributed by atoms with Crippen LogP contribution in [0.3, 0.4) is 0 Å². The zero-order valence-corrected chi connectivity index (χ0v) is 12.6. The molecule has 1 unspecified atom stereocenters. The molecule has 1 aromatic heterocycles. The van der Waals surface area contributed by atoms with E-state index in [1.54, 1.807) is 13.0 Å². The summed E-state index contributed by atoms with van der Waals surface area (Å²) in [7, 11) is 0. The molecule has 3 rings (SSSR count). The summed E-state index contributed by atoms with van der Waals surface area (Å²) >= 11 is 12.0. The van der Waals surface area contributed by atoms with Gasteiger partial charge in [0.15, 0.2) is 0 Å². The van der Waals surface area contributed by atoms with Crippen LogP contribution in [0.25, 0.3) is 5.57 Å². The van der Waals surface area contributed by atoms with Crippen molar-refractivity contribution >= 4 is 34.7 Å². The zero-order chi connectivity index (χ0) is 14.7. The molecule has 1 saturated carbocycles. The minimum Gasteiger partial charge on any atom is -0.509 e. The van der Waals surface area contributed by atoms with E-state index < -0.39 is 5.54 Å². The summed E-state index contributed by atoms with van der Waals surface area (Å²) in [5.41, 5.74) is 0.690. The highest BCUT2D eigenvalue weighted by Gasteiger charge is 2.52. The van der Waals surface area contributed by atoms with Gasteiger partial charge < -0.3 is 10.4 Å². The van der Waals surface area contributed by atoms with Crippen LogP contribution >= 0.6 is 23.2 Å². The number of nitrogens with zero attached hydrogens (tertiary/aromatic N) is 1. The number of hydrogen-bond donors (Lipinski definition) is 2. The first-order valence-corrected chi connectivity index (χ1v) is 7.19. The third-order valence-electron chi connectivity index (χ3n) is 4.11. The van der Waals surface area contributed by atoms with Crippen LogP contribution in [-0.4, -0.2) is 21.5 Å². The number of aryl methyl sites for hydroxylation is 1. The highest BCUT2D eigenvalue weighted by molar-refractivity contribution is 6.36. The minimum atomic E-state index is -0.693. The van der Waals surface area contributed by atoms with Crippen molar-refractivity contribution in [3.05, 3.63) is 33.3 Å². The van der Waals surface area contributed by atoms with Gasteiger partial charge >= 0.3 is 0 Å². The Balaban J connectivity index is 2.18. The molecule has 1 aliphatic heterocycles. The van der Waals surface area contributed by atoms with Crippen LogP contribution in [0.2, 0.25) is 10.3 Å². The molecule has 106 valence electrons. The van der Waals surface area contributed by atoms with Crippen molar-refractivity contribution in [2.75, 3.05) is 0 Å². The number of hydrogen-bond acceptors (Lipinski definition) is 3. The lowest BCUT2D eigenvalue weighted by Gasteiger charge is -2.24. The fourth-order valence-electron chi connectivity index (χ4n) is 2.81. The topological polar surface area (TPSA) is 62.2 Å². The lowest BCUT2D eigenvalue weighted by atomic mass is 9.92. The monoisotopic (exact) mass is 312 g/mol. The number of pyridine rings is 1. The molecule has 1 fully saturated rings. The first-order valence-electron chi connectivity index (χ1n) is 6.44. The van der Waals surface area contributed by atoms with Crippen molar-refractivity contribution in [3.63, 3.8) is 0 Å². The quantitative estimate of drug-likeness (QED) is 0.824. The van der Waals surface area contributed by atoms with E-state index in [0.717, 1.165) is 12.8 Å². The zero-order valence-electron chi connectivity index (χ0n) is 11.1. The number of aliphatic hydroxyl groups excluding tert-OH is 1. The molecule has 20 heavy (non-hydrogen) atoms. The molecular formula is C14H14Cl2N2O2. The third kappa shape index (κ3) is 1.90. The van der Waals surface area contributed by atoms with E-state index in [4.69, 9.17) is 23.2 Å². The second-order valence-electron chi connectivity index (χ2n) is 5.58. The van der Waals surface area contributed by atoms with Crippen LogP contribution in [0.1, 0.15) is 30.9 Å². The number of carbonyl (C=O) groups excluding carboxylic acids is 1. The van der Waals surface area contributed by atoms with E-state index in [-0.39, 0.29) is 33.5 Å². The second-order valence-corrected chi connectivity index (χ2v) is 6.33. The Bertz CT molecular complexity index is 630. The number of halogens is 2. The second kappa shape index (κ2) is 4.37. The molecule has 0 aromatic carbocycles. The number of carbonyl (C=O) groups is 1. The molecule has 0 spiro atoms. The largest absolute Gasteiger partial charge is 0.509 e. The van der Waals surface area contributed by atoms with Crippen molar-refractivity contribution in [3.8, 4) is 0 Å². The number of aromatic nitrogens is 1. The van der Waals surface area contributed by atoms with Gasteiger partial charge in [0.2, 0.25) is 0 Å². The Morgan fingerprint density at radius 2 is 2.10 bits per heavy atom. The summed E-state index contributed by atoms with van der Waals surface area (Å²) in [6.07, 6.45) is 2.00. The molecule has 2 aliphatic rings. The maximum absolute atomic E-state index is 12.3. The van der Waals surface area contributed by atoms with Crippen molar-refractivity contribution in [1.82, 2.24) is 10.3 Å². The van der Waals surface area contributed by atoms with Gasteiger partial charge in [-0.05, 0) is 44.2 Å². The van der Waals surface area contributed by atoms with Crippen LogP contribution in [0, 0.1) is 12.8 Å². The van der Waals surface area contributed by atoms with Crippen LogP contribution in [-0.2, 0) is 4.79 Å². The average molecular weight is 313 g/mol. The molecule has 1 amide bonds. The summed E-state index contributed by atoms with van der Waals surface area (Å²) in [6.45, 7) is 3.63. The fraction of sp³-hybridized carbons (Fsp3) is 0.429. The standard InChI is InChI=1S/C14H14Cl2N2O2/c1-6-5-8(15)17-12(16)9(6)10-11(19)14(2,7-3-4-7)18-13(10)20/h5,7,19H,3-4H2,1-2H3,(H,18,20). The van der Waals surface area contributed by atoms with Crippen LogP contribution < -0.4 is 5.32 Å². The lowest BCUT2D eigenvalue weighted by Crippen LogP contribution is -2.43. The van der Waals surface area contributed by atoms with Gasteiger partial charge in [0.25, 0.3) is 5.91 Å². The highest BCUT2D eigenvalue weighted by atomic mass is 35.5. The van der Waals surface area contributed by atoms with Gasteiger partial charge in [-0.15, -0.1) is 0 Å². The Hall–Kier alpha value is -1.26. The van der Waals surface area contributed by atoms with Crippen molar-refractivity contribution in [1.29, 1.82) is 0 Å². The van der Waals surface area contributed by atoms with Gasteiger partial charge in [-0.2, -0.15) is 0 Å². The summed E-state index contributed by atoms with van der Waals surface area (Å²) < 4.78 is 0. The van der Waals surface area contributed by atoms with E-state index in [1.807, 2.05) is 6.92 Å². The van der Waals surface area contributed by atoms with Gasteiger partial charge in [0.05, 0.1) is 11.1 Å². The molecule has 2 N–H and O–H groups in total. The first-order chi connectivity index (χ1) is 9.34. The van der Waals surface area contributed by atoms with Crippen LogP contribution in [0.4, 0.5) is 0 Å². The molecule has 4 nitrogen and oxygen atoms in total. The van der Waals surface area contributed by atoms with Crippen LogP contribution in [0.5, 0.6) is 0 Å². The van der Waals surface area contributed by atoms with Crippen molar-refractivity contribution in [2.24, 2.45) is 5.92 Å². The predicted octanol–water partition coefficient (Wildman–Crippen LogP) is 3.26. The van der Waals surface area contributed by atoms with E-state index in [1.165, 1.54) is 0 Å². The summed E-state index contributed by atoms with van der Waals surface area (Å²) in [4.78, 5) is 16.2. The predicted molar refractivity (Wildman–Crippen MR) is 77.8 cm³/mol. The molecule has 0 bridgehead atoms. The molecule has 1 aliphatic carbocycles. The third-order valence-corrected chi connectivity index (χ3v) is 4.58. The molecular weight excluding hydrogens is 299 g/mol. The SMILES string of the molecule is Cc1cc(Cl)nc(Cl)c1C1=C(O)C(C)(C2CC2)NC1=O. The maximum atomic E-state index is 12.3. The fourth-order valence-corrected chi connectivity index (χ4v) is 3.43. The number of amides is 1. The van der Waals surface area contributed by atoms with E-state index >= 15 is 0 Å². The Morgan fingerprint density at radius 1 is 1.45 bits per heavy atom. The number of aliphatic hydroxyl groups is 1. The first kappa shape index (κ1) is 13.7. The summed E-state index contributed by atoms with van der Waals surface area (Å²) in [5.74, 6) is 0.0217.